The minimum atomic E-state index is -0.594. The summed E-state index contributed by atoms with van der Waals surface area (Å²) in [7, 11) is 0. The molecule has 3 aromatic carbocycles. The fraction of sp³-hybridized carbons (Fsp3) is 0.429. The van der Waals surface area contributed by atoms with Crippen LogP contribution in [0, 0.1) is 0 Å². The molecule has 0 radical (unpaired) electrons. The Hall–Kier alpha value is -3.80. The summed E-state index contributed by atoms with van der Waals surface area (Å²) in [6.45, 7) is 1.79. The Bertz CT molecular complexity index is 1400. The molecule has 0 aromatic heterocycles. The summed E-state index contributed by atoms with van der Waals surface area (Å²) < 4.78 is 12.9. The Balaban J connectivity index is 1.14. The quantitative estimate of drug-likeness (QED) is 0.135. The fourth-order valence-electron chi connectivity index (χ4n) is 5.98. The summed E-state index contributed by atoms with van der Waals surface area (Å²) >= 11 is 0. The number of para-hydroxylation sites is 2. The molecule has 2 aliphatic rings. The molecule has 0 spiro atoms. The van der Waals surface area contributed by atoms with Crippen molar-refractivity contribution in [2.24, 2.45) is 0 Å². The van der Waals surface area contributed by atoms with Gasteiger partial charge >= 0.3 is 0 Å². The van der Waals surface area contributed by atoms with E-state index in [1.807, 2.05) is 60.7 Å². The lowest BCUT2D eigenvalue weighted by atomic mass is 9.99. The van der Waals surface area contributed by atoms with E-state index in [2.05, 4.69) is 15.5 Å². The largest absolute Gasteiger partial charge is 0.397 e. The number of carbonyl (C=O) groups excluding carboxylic acids is 2. The molecule has 2 heterocycles. The number of amides is 2. The first kappa shape index (κ1) is 32.6. The molecule has 2 fully saturated rings. The van der Waals surface area contributed by atoms with E-state index in [4.69, 9.17) is 15.2 Å². The SMILES string of the molecule is Nc1ccccc1NC(=O)CCCCC(=O)Nc1ccc([C@H]2O[C@@H](CN3CCC[C@H]3CO)C[C@@H](c3ccc(CO)cc3)O2)cc1. The van der Waals surface area contributed by atoms with E-state index in [9.17, 15) is 19.8 Å². The zero-order valence-corrected chi connectivity index (χ0v) is 25.6. The fourth-order valence-corrected chi connectivity index (χ4v) is 5.98. The number of benzene rings is 3. The highest BCUT2D eigenvalue weighted by atomic mass is 16.7. The maximum absolute atomic E-state index is 12.6. The first-order valence-corrected chi connectivity index (χ1v) is 15.8. The normalized spacial score (nSPS) is 21.8. The number of nitrogens with one attached hydrogen (secondary N) is 2. The lowest BCUT2D eigenvalue weighted by Crippen LogP contribution is -2.42. The lowest BCUT2D eigenvalue weighted by molar-refractivity contribution is -0.253. The van der Waals surface area contributed by atoms with Gasteiger partial charge in [-0.15, -0.1) is 0 Å². The van der Waals surface area contributed by atoms with Crippen molar-refractivity contribution in [3.8, 4) is 0 Å². The number of rotatable bonds is 13. The van der Waals surface area contributed by atoms with E-state index in [-0.39, 0.29) is 43.3 Å². The highest BCUT2D eigenvalue weighted by molar-refractivity contribution is 5.94. The number of anilines is 3. The van der Waals surface area contributed by atoms with E-state index in [0.717, 1.165) is 36.1 Å². The summed E-state index contributed by atoms with van der Waals surface area (Å²) in [6, 6.07) is 22.6. The van der Waals surface area contributed by atoms with Gasteiger partial charge in [0.25, 0.3) is 0 Å². The van der Waals surface area contributed by atoms with E-state index in [1.54, 1.807) is 12.1 Å². The molecule has 0 bridgehead atoms. The van der Waals surface area contributed by atoms with Gasteiger partial charge in [0.1, 0.15) is 0 Å². The number of aliphatic hydroxyl groups excluding tert-OH is 2. The van der Waals surface area contributed by atoms with Crippen LogP contribution in [0.1, 0.15) is 74.0 Å². The minimum Gasteiger partial charge on any atom is -0.397 e. The van der Waals surface area contributed by atoms with Gasteiger partial charge in [-0.1, -0.05) is 48.5 Å². The second-order valence-corrected chi connectivity index (χ2v) is 11.8. The van der Waals surface area contributed by atoms with Gasteiger partial charge in [0, 0.05) is 43.1 Å². The maximum atomic E-state index is 12.6. The Morgan fingerprint density at radius 1 is 0.867 bits per heavy atom. The van der Waals surface area contributed by atoms with Gasteiger partial charge in [-0.25, -0.2) is 0 Å². The molecule has 0 unspecified atom stereocenters. The van der Waals surface area contributed by atoms with Crippen LogP contribution in [0.25, 0.3) is 0 Å². The molecule has 0 saturated carbocycles. The van der Waals surface area contributed by atoms with Crippen molar-refractivity contribution < 1.29 is 29.3 Å². The van der Waals surface area contributed by atoms with Gasteiger partial charge in [-0.05, 0) is 67.6 Å². The summed E-state index contributed by atoms with van der Waals surface area (Å²) in [4.78, 5) is 27.1. The van der Waals surface area contributed by atoms with Crippen LogP contribution in [-0.4, -0.2) is 58.8 Å². The molecule has 5 rings (SSSR count). The second kappa shape index (κ2) is 16.0. The van der Waals surface area contributed by atoms with Crippen molar-refractivity contribution in [3.63, 3.8) is 0 Å². The van der Waals surface area contributed by atoms with Gasteiger partial charge < -0.3 is 36.1 Å². The van der Waals surface area contributed by atoms with Gasteiger partial charge in [-0.3, -0.25) is 14.5 Å². The minimum absolute atomic E-state index is 0.0115. The molecule has 45 heavy (non-hydrogen) atoms. The Labute approximate surface area is 264 Å². The van der Waals surface area contributed by atoms with Gasteiger partial charge in [0.2, 0.25) is 11.8 Å². The molecule has 4 atom stereocenters. The third-order valence-corrected chi connectivity index (χ3v) is 8.52. The van der Waals surface area contributed by atoms with Crippen LogP contribution in [-0.2, 0) is 25.7 Å². The van der Waals surface area contributed by atoms with Crippen LogP contribution in [0.4, 0.5) is 17.1 Å². The number of nitrogen functional groups attached to an aromatic ring is 1. The standard InChI is InChI=1S/C35H44N4O6/c36-30-7-1-2-8-31(30)38-34(43)10-4-3-9-33(42)37-27-17-15-26(16-18-27)35-44-29(21-39-19-5-6-28(39)23-41)20-32(45-35)25-13-11-24(22-40)12-14-25/h1-2,7-8,11-18,28-29,32,35,40-41H,3-6,9-10,19-23,36H2,(H,37,42)(H,38,43)/t28-,29+,32-,35-/m0/s1. The lowest BCUT2D eigenvalue weighted by Gasteiger charge is -2.38. The third kappa shape index (κ3) is 9.12. The van der Waals surface area contributed by atoms with E-state index < -0.39 is 6.29 Å². The molecular weight excluding hydrogens is 572 g/mol. The number of unbranched alkanes of at least 4 members (excludes halogenated alkanes) is 1. The van der Waals surface area contributed by atoms with Crippen molar-refractivity contribution in [2.45, 2.75) is 76.1 Å². The van der Waals surface area contributed by atoms with Crippen molar-refractivity contribution in [2.75, 3.05) is 36.1 Å². The van der Waals surface area contributed by atoms with Crippen molar-refractivity contribution in [1.29, 1.82) is 0 Å². The summed E-state index contributed by atoms with van der Waals surface area (Å²) in [5, 5.41) is 25.0. The molecule has 6 N–H and O–H groups in total. The number of hydrogen-bond donors (Lipinski definition) is 5. The molecular formula is C35H44N4O6. The average Bonchev–Trinajstić information content (AvgIpc) is 3.51. The molecule has 240 valence electrons. The third-order valence-electron chi connectivity index (χ3n) is 8.52. The Morgan fingerprint density at radius 2 is 1.56 bits per heavy atom. The second-order valence-electron chi connectivity index (χ2n) is 11.8. The number of likely N-dealkylation sites (tertiary alicyclic amines) is 1. The first-order chi connectivity index (χ1) is 21.9. The van der Waals surface area contributed by atoms with Crippen molar-refractivity contribution in [1.82, 2.24) is 4.90 Å². The van der Waals surface area contributed by atoms with Crippen molar-refractivity contribution in [3.05, 3.63) is 89.5 Å². The number of carbonyl (C=O) groups is 2. The van der Waals surface area contributed by atoms with Crippen LogP contribution in [0.15, 0.2) is 72.8 Å². The van der Waals surface area contributed by atoms with E-state index in [1.165, 1.54) is 0 Å². The highest BCUT2D eigenvalue weighted by Crippen LogP contribution is 2.39. The highest BCUT2D eigenvalue weighted by Gasteiger charge is 2.35. The number of aliphatic hydroxyl groups is 2. The van der Waals surface area contributed by atoms with Crippen LogP contribution < -0.4 is 16.4 Å². The smallest absolute Gasteiger partial charge is 0.224 e. The van der Waals surface area contributed by atoms with Gasteiger partial charge in [0.05, 0.1) is 36.8 Å². The molecule has 2 amide bonds. The summed E-state index contributed by atoms with van der Waals surface area (Å²) in [6.07, 6.45) is 3.64. The zero-order valence-electron chi connectivity index (χ0n) is 25.6. The number of hydrogen-bond acceptors (Lipinski definition) is 8. The predicted molar refractivity (Wildman–Crippen MR) is 173 cm³/mol. The molecule has 0 aliphatic carbocycles. The maximum Gasteiger partial charge on any atom is 0.224 e. The number of ether oxygens (including phenoxy) is 2. The van der Waals surface area contributed by atoms with E-state index in [0.29, 0.717) is 55.7 Å². The van der Waals surface area contributed by atoms with Gasteiger partial charge in [0.15, 0.2) is 6.29 Å². The summed E-state index contributed by atoms with van der Waals surface area (Å²) in [5.74, 6) is -0.243. The van der Waals surface area contributed by atoms with Gasteiger partial charge in [-0.2, -0.15) is 0 Å². The monoisotopic (exact) mass is 616 g/mol. The van der Waals surface area contributed by atoms with Crippen LogP contribution in [0.5, 0.6) is 0 Å². The van der Waals surface area contributed by atoms with Crippen LogP contribution in [0.3, 0.4) is 0 Å². The number of nitrogens with two attached hydrogens (primary N) is 1. The predicted octanol–water partition coefficient (Wildman–Crippen LogP) is 4.90. The first-order valence-electron chi connectivity index (χ1n) is 15.8. The average molecular weight is 617 g/mol. The van der Waals surface area contributed by atoms with Crippen molar-refractivity contribution >= 4 is 28.9 Å². The molecule has 2 saturated heterocycles. The van der Waals surface area contributed by atoms with Crippen LogP contribution >= 0.6 is 0 Å². The zero-order chi connectivity index (χ0) is 31.6. The molecule has 3 aromatic rings. The molecule has 2 aliphatic heterocycles. The summed E-state index contributed by atoms with van der Waals surface area (Å²) in [5.41, 5.74) is 10.4. The Kier molecular flexibility index (Phi) is 11.6. The molecule has 10 nitrogen and oxygen atoms in total. The van der Waals surface area contributed by atoms with Crippen LogP contribution in [0.2, 0.25) is 0 Å². The molecule has 10 heteroatoms. The number of nitrogens with zero attached hydrogens (tertiary/aromatic N) is 1. The van der Waals surface area contributed by atoms with E-state index >= 15 is 0 Å². The topological polar surface area (TPSA) is 146 Å². The Morgan fingerprint density at radius 3 is 2.24 bits per heavy atom.